The van der Waals surface area contributed by atoms with Crippen LogP contribution in [0.1, 0.15) is 37.9 Å². The van der Waals surface area contributed by atoms with Gasteiger partial charge in [0.15, 0.2) is 5.01 Å². The minimum absolute atomic E-state index is 0.244. The van der Waals surface area contributed by atoms with Crippen LogP contribution < -0.4 is 11.1 Å². The van der Waals surface area contributed by atoms with E-state index in [1.807, 2.05) is 92.0 Å². The highest BCUT2D eigenvalue weighted by molar-refractivity contribution is 7.14. The molecule has 33 heavy (non-hydrogen) atoms. The molecule has 7 heteroatoms. The number of hydrogen-bond donors (Lipinski definition) is 2. The third-order valence-electron chi connectivity index (χ3n) is 5.66. The lowest BCUT2D eigenvalue weighted by Crippen LogP contribution is -2.36. The molecule has 2 atom stereocenters. The lowest BCUT2D eigenvalue weighted by molar-refractivity contribution is 0.0930. The van der Waals surface area contributed by atoms with Gasteiger partial charge in [-0.15, -0.1) is 11.3 Å². The smallest absolute Gasteiger partial charge is 0.280 e. The van der Waals surface area contributed by atoms with E-state index in [0.717, 1.165) is 32.8 Å². The van der Waals surface area contributed by atoms with Crippen molar-refractivity contribution in [2.45, 2.75) is 19.0 Å². The molecule has 0 fully saturated rings. The zero-order valence-corrected chi connectivity index (χ0v) is 18.9. The van der Waals surface area contributed by atoms with Crippen LogP contribution >= 0.6 is 11.3 Å². The number of carbonyl (C=O) groups excluding carboxylic acids is 1. The van der Waals surface area contributed by atoms with Crippen molar-refractivity contribution in [3.05, 3.63) is 112 Å². The van der Waals surface area contributed by atoms with Gasteiger partial charge in [-0.1, -0.05) is 66.7 Å². The van der Waals surface area contributed by atoms with Crippen molar-refractivity contribution in [2.24, 2.45) is 5.73 Å². The first-order chi connectivity index (χ1) is 16.1. The van der Waals surface area contributed by atoms with Crippen molar-refractivity contribution >= 4 is 22.8 Å². The Bertz CT molecular complexity index is 1390. The van der Waals surface area contributed by atoms with E-state index in [1.165, 1.54) is 11.3 Å². The second-order valence-electron chi connectivity index (χ2n) is 7.81. The predicted octanol–water partition coefficient (Wildman–Crippen LogP) is 4.94. The van der Waals surface area contributed by atoms with Crippen LogP contribution in [-0.2, 0) is 0 Å². The second-order valence-corrected chi connectivity index (χ2v) is 9.01. The maximum absolute atomic E-state index is 13.3. The fourth-order valence-electron chi connectivity index (χ4n) is 3.97. The van der Waals surface area contributed by atoms with Crippen molar-refractivity contribution in [1.82, 2.24) is 19.9 Å². The normalized spacial score (nSPS) is 13.0. The molecule has 0 aliphatic rings. The topological polar surface area (TPSA) is 85.3 Å². The van der Waals surface area contributed by atoms with Crippen LogP contribution in [0.25, 0.3) is 16.8 Å². The molecule has 1 amide bonds. The lowest BCUT2D eigenvalue weighted by Gasteiger charge is -2.25. The summed E-state index contributed by atoms with van der Waals surface area (Å²) in [5.41, 5.74) is 11.2. The van der Waals surface area contributed by atoms with Gasteiger partial charge in [-0.2, -0.15) is 5.10 Å². The molecule has 0 aliphatic heterocycles. The monoisotopic (exact) mass is 453 g/mol. The first-order valence-corrected chi connectivity index (χ1v) is 11.5. The highest BCUT2D eigenvalue weighted by Crippen LogP contribution is 2.32. The number of aryl methyl sites for hydroxylation is 1. The van der Waals surface area contributed by atoms with Crippen LogP contribution in [0.5, 0.6) is 0 Å². The summed E-state index contributed by atoms with van der Waals surface area (Å²) in [7, 11) is 0. The molecule has 3 aromatic heterocycles. The molecule has 5 rings (SSSR count). The van der Waals surface area contributed by atoms with Crippen molar-refractivity contribution in [2.75, 3.05) is 0 Å². The Hall–Kier alpha value is -3.81. The zero-order chi connectivity index (χ0) is 22.8. The summed E-state index contributed by atoms with van der Waals surface area (Å²) in [6.45, 7) is 1.97. The summed E-state index contributed by atoms with van der Waals surface area (Å²) in [5.74, 6) is -0.244. The summed E-state index contributed by atoms with van der Waals surface area (Å²) in [4.78, 5) is 19.0. The van der Waals surface area contributed by atoms with Crippen LogP contribution in [0.15, 0.2) is 91.3 Å². The standard InChI is InChI=1S/C26H23N5OS/c1-17-23(20-16-28-31-15-9-8-14-21(20)31)30-26(33-17)25(32)29-24(19-12-6-3-7-13-19)22(27)18-10-4-2-5-11-18/h2-16,22,24H,27H2,1H3,(H,29,32)/t22-,24-/m1/s1. The first-order valence-electron chi connectivity index (χ1n) is 10.7. The first kappa shape index (κ1) is 21.1. The van der Waals surface area contributed by atoms with Crippen molar-refractivity contribution in [1.29, 1.82) is 0 Å². The van der Waals surface area contributed by atoms with E-state index in [4.69, 9.17) is 10.7 Å². The number of nitrogens with zero attached hydrogens (tertiary/aromatic N) is 3. The molecule has 0 saturated heterocycles. The van der Waals surface area contributed by atoms with E-state index in [1.54, 1.807) is 10.7 Å². The molecule has 6 nitrogen and oxygen atoms in total. The van der Waals surface area contributed by atoms with E-state index in [2.05, 4.69) is 10.4 Å². The third kappa shape index (κ3) is 4.16. The fourth-order valence-corrected chi connectivity index (χ4v) is 4.80. The molecular weight excluding hydrogens is 430 g/mol. The van der Waals surface area contributed by atoms with E-state index >= 15 is 0 Å². The molecule has 0 unspecified atom stereocenters. The number of rotatable bonds is 6. The van der Waals surface area contributed by atoms with E-state index in [9.17, 15) is 4.79 Å². The van der Waals surface area contributed by atoms with Gasteiger partial charge in [0.25, 0.3) is 5.91 Å². The Morgan fingerprint density at radius 2 is 1.64 bits per heavy atom. The van der Waals surface area contributed by atoms with Gasteiger partial charge in [-0.05, 0) is 30.2 Å². The predicted molar refractivity (Wildman–Crippen MR) is 131 cm³/mol. The molecule has 0 saturated carbocycles. The Morgan fingerprint density at radius 1 is 0.970 bits per heavy atom. The van der Waals surface area contributed by atoms with Gasteiger partial charge in [0.05, 0.1) is 29.5 Å². The van der Waals surface area contributed by atoms with Crippen LogP contribution in [0, 0.1) is 6.92 Å². The average molecular weight is 454 g/mol. The number of thiazole rings is 1. The number of pyridine rings is 1. The van der Waals surface area contributed by atoms with E-state index in [0.29, 0.717) is 5.01 Å². The molecule has 0 spiro atoms. The molecule has 0 aliphatic carbocycles. The quantitative estimate of drug-likeness (QED) is 0.381. The molecule has 3 N–H and O–H groups in total. The molecule has 164 valence electrons. The van der Waals surface area contributed by atoms with Gasteiger partial charge in [0, 0.05) is 16.6 Å². The molecule has 0 bridgehead atoms. The summed E-state index contributed by atoms with van der Waals surface area (Å²) in [6.07, 6.45) is 3.68. The van der Waals surface area contributed by atoms with Gasteiger partial charge in [-0.3, -0.25) is 4.79 Å². The molecule has 5 aromatic rings. The summed E-state index contributed by atoms with van der Waals surface area (Å²) in [5, 5.41) is 7.94. The van der Waals surface area contributed by atoms with E-state index in [-0.39, 0.29) is 5.91 Å². The number of hydrogen-bond acceptors (Lipinski definition) is 5. The van der Waals surface area contributed by atoms with Crippen LogP contribution in [0.4, 0.5) is 0 Å². The molecule has 3 heterocycles. The number of nitrogens with one attached hydrogen (secondary N) is 1. The number of carbonyl (C=O) groups is 1. The maximum Gasteiger partial charge on any atom is 0.280 e. The molecule has 0 radical (unpaired) electrons. The zero-order valence-electron chi connectivity index (χ0n) is 18.1. The summed E-state index contributed by atoms with van der Waals surface area (Å²) in [6, 6.07) is 24.7. The Labute approximate surface area is 195 Å². The van der Waals surface area contributed by atoms with Crippen molar-refractivity contribution in [3.8, 4) is 11.3 Å². The number of nitrogens with two attached hydrogens (primary N) is 1. The lowest BCUT2D eigenvalue weighted by atomic mass is 9.94. The summed E-state index contributed by atoms with van der Waals surface area (Å²) >= 11 is 1.37. The van der Waals surface area contributed by atoms with Crippen molar-refractivity contribution < 1.29 is 4.79 Å². The largest absolute Gasteiger partial charge is 0.341 e. The highest BCUT2D eigenvalue weighted by atomic mass is 32.1. The number of benzene rings is 2. The fraction of sp³-hybridized carbons (Fsp3) is 0.115. The Balaban J connectivity index is 1.46. The Kier molecular flexibility index (Phi) is 5.73. The SMILES string of the molecule is Cc1sc(C(=O)N[C@H](c2ccccc2)[C@H](N)c2ccccc2)nc1-c1cnn2ccccc12. The number of aromatic nitrogens is 3. The Morgan fingerprint density at radius 3 is 2.36 bits per heavy atom. The van der Waals surface area contributed by atoms with Crippen LogP contribution in [0.3, 0.4) is 0 Å². The third-order valence-corrected chi connectivity index (χ3v) is 6.63. The maximum atomic E-state index is 13.3. The van der Waals surface area contributed by atoms with Gasteiger partial charge in [0.1, 0.15) is 0 Å². The summed E-state index contributed by atoms with van der Waals surface area (Å²) < 4.78 is 1.80. The minimum atomic E-state index is -0.405. The van der Waals surface area contributed by atoms with Gasteiger partial charge < -0.3 is 11.1 Å². The van der Waals surface area contributed by atoms with Crippen LogP contribution in [-0.4, -0.2) is 20.5 Å². The highest BCUT2D eigenvalue weighted by Gasteiger charge is 2.26. The second kappa shape index (κ2) is 8.97. The van der Waals surface area contributed by atoms with Gasteiger partial charge in [-0.25, -0.2) is 9.50 Å². The molecule has 2 aromatic carbocycles. The van der Waals surface area contributed by atoms with Crippen LogP contribution in [0.2, 0.25) is 0 Å². The number of amides is 1. The van der Waals surface area contributed by atoms with Crippen molar-refractivity contribution in [3.63, 3.8) is 0 Å². The van der Waals surface area contributed by atoms with Gasteiger partial charge >= 0.3 is 0 Å². The minimum Gasteiger partial charge on any atom is -0.341 e. The molecular formula is C26H23N5OS. The number of fused-ring (bicyclic) bond motifs is 1. The van der Waals surface area contributed by atoms with Gasteiger partial charge in [0.2, 0.25) is 0 Å². The van der Waals surface area contributed by atoms with E-state index < -0.39 is 12.1 Å². The average Bonchev–Trinajstić information content (AvgIpc) is 3.46.